The third kappa shape index (κ3) is 0.195. The van der Waals surface area contributed by atoms with Gasteiger partial charge in [-0.1, -0.05) is 0 Å². The summed E-state index contributed by atoms with van der Waals surface area (Å²) >= 11 is 0. The lowest BCUT2D eigenvalue weighted by molar-refractivity contribution is -0.131. The Bertz CT molecular complexity index is 161. The molecule has 0 unspecified atom stereocenters. The summed E-state index contributed by atoms with van der Waals surface area (Å²) in [5.41, 5.74) is 0. The largest absolute Gasteiger partial charge is 0.279 e. The van der Waals surface area contributed by atoms with Crippen molar-refractivity contribution in [3.05, 3.63) is 0 Å². The minimum atomic E-state index is 0.227. The van der Waals surface area contributed by atoms with Gasteiger partial charge in [-0.25, -0.2) is 4.99 Å². The Hall–Kier alpha value is -0.860. The Kier molecular flexibility index (Phi) is 0.323. The third-order valence-electron chi connectivity index (χ3n) is 1.32. The summed E-state index contributed by atoms with van der Waals surface area (Å²) in [4.78, 5) is 15.9. The molecule has 0 aromatic heterocycles. The minimum Gasteiger partial charge on any atom is -0.279 e. The average molecular weight is 96.1 g/mol. The number of fused-ring (bicyclic) bond motifs is 1. The highest BCUT2D eigenvalue weighted by Crippen LogP contribution is 2.19. The van der Waals surface area contributed by atoms with E-state index in [4.69, 9.17) is 0 Å². The Morgan fingerprint density at radius 2 is 2.57 bits per heavy atom. The normalized spacial score (nSPS) is 24.9. The van der Waals surface area contributed by atoms with Gasteiger partial charge in [0.05, 0.1) is 6.42 Å². The zero-order valence-corrected chi connectivity index (χ0v) is 3.72. The third-order valence-corrected chi connectivity index (χ3v) is 1.32. The Morgan fingerprint density at radius 3 is 2.57 bits per heavy atom. The zero-order valence-electron chi connectivity index (χ0n) is 3.72. The van der Waals surface area contributed by atoms with Crippen LogP contribution in [0.2, 0.25) is 0 Å². The standard InChI is InChI=1S/C4H4N2O/c7-4-1-3-5-2-6(3)4/h1-2H2. The van der Waals surface area contributed by atoms with Crippen molar-refractivity contribution >= 4 is 11.7 Å². The molecule has 0 spiro atoms. The van der Waals surface area contributed by atoms with Gasteiger partial charge in [0.25, 0.3) is 0 Å². The number of hydrogen-bond acceptors (Lipinski definition) is 2. The molecule has 3 heteroatoms. The molecule has 0 aromatic carbocycles. The van der Waals surface area contributed by atoms with Gasteiger partial charge in [-0.2, -0.15) is 0 Å². The molecule has 3 nitrogen and oxygen atoms in total. The van der Waals surface area contributed by atoms with Crippen LogP contribution in [0.5, 0.6) is 0 Å². The molecule has 0 N–H and O–H groups in total. The first-order valence-corrected chi connectivity index (χ1v) is 2.21. The summed E-state index contributed by atoms with van der Waals surface area (Å²) in [5, 5.41) is 0. The van der Waals surface area contributed by atoms with Gasteiger partial charge in [0.1, 0.15) is 12.5 Å². The van der Waals surface area contributed by atoms with E-state index in [2.05, 4.69) is 4.99 Å². The van der Waals surface area contributed by atoms with Crippen molar-refractivity contribution in [3.63, 3.8) is 0 Å². The van der Waals surface area contributed by atoms with Gasteiger partial charge in [0, 0.05) is 0 Å². The van der Waals surface area contributed by atoms with Crippen LogP contribution in [0.25, 0.3) is 0 Å². The summed E-state index contributed by atoms with van der Waals surface area (Å²) < 4.78 is 0. The van der Waals surface area contributed by atoms with Crippen molar-refractivity contribution in [2.75, 3.05) is 6.67 Å². The number of carbonyl (C=O) groups is 1. The first-order valence-electron chi connectivity index (χ1n) is 2.21. The fourth-order valence-corrected chi connectivity index (χ4v) is 0.755. The Labute approximate surface area is 40.6 Å². The smallest absolute Gasteiger partial charge is 0.237 e. The average Bonchev–Trinajstić information content (AvgIpc) is 1.59. The van der Waals surface area contributed by atoms with Crippen LogP contribution < -0.4 is 0 Å². The predicted octanol–water partition coefficient (Wildman–Crippen LogP) is -0.412. The molecular formula is C4H4N2O. The summed E-state index contributed by atoms with van der Waals surface area (Å²) in [6.45, 7) is 0.619. The number of β-lactam (4-membered cyclic amide) rings is 1. The van der Waals surface area contributed by atoms with Crippen LogP contribution in [0.15, 0.2) is 4.99 Å². The second-order valence-corrected chi connectivity index (χ2v) is 1.71. The number of hydrogen-bond donors (Lipinski definition) is 0. The van der Waals surface area contributed by atoms with Crippen molar-refractivity contribution in [2.45, 2.75) is 6.42 Å². The fraction of sp³-hybridized carbons (Fsp3) is 0.500. The fourth-order valence-electron chi connectivity index (χ4n) is 0.755. The molecule has 1 fully saturated rings. The molecule has 0 aliphatic carbocycles. The van der Waals surface area contributed by atoms with Crippen molar-refractivity contribution in [1.82, 2.24) is 4.90 Å². The van der Waals surface area contributed by atoms with E-state index in [1.807, 2.05) is 0 Å². The van der Waals surface area contributed by atoms with Gasteiger partial charge >= 0.3 is 0 Å². The van der Waals surface area contributed by atoms with E-state index < -0.39 is 0 Å². The van der Waals surface area contributed by atoms with Gasteiger partial charge in [0.15, 0.2) is 0 Å². The van der Waals surface area contributed by atoms with Crippen LogP contribution in [0.1, 0.15) is 6.42 Å². The van der Waals surface area contributed by atoms with E-state index in [1.54, 1.807) is 4.90 Å². The van der Waals surface area contributed by atoms with E-state index in [1.165, 1.54) is 0 Å². The number of amides is 1. The lowest BCUT2D eigenvalue weighted by atomic mass is 10.1. The van der Waals surface area contributed by atoms with Gasteiger partial charge < -0.3 is 0 Å². The summed E-state index contributed by atoms with van der Waals surface area (Å²) in [6.07, 6.45) is 0.583. The quantitative estimate of drug-likeness (QED) is 0.377. The molecule has 2 rings (SSSR count). The van der Waals surface area contributed by atoms with Crippen molar-refractivity contribution < 1.29 is 4.79 Å². The molecule has 0 aromatic rings. The maximum atomic E-state index is 10.3. The van der Waals surface area contributed by atoms with Gasteiger partial charge in [-0.05, 0) is 0 Å². The number of rotatable bonds is 0. The lowest BCUT2D eigenvalue weighted by Gasteiger charge is -2.37. The predicted molar refractivity (Wildman–Crippen MR) is 23.8 cm³/mol. The van der Waals surface area contributed by atoms with Gasteiger partial charge in [0.2, 0.25) is 5.91 Å². The number of amidine groups is 1. The topological polar surface area (TPSA) is 32.7 Å². The van der Waals surface area contributed by atoms with Gasteiger partial charge in [-0.3, -0.25) is 9.69 Å². The van der Waals surface area contributed by atoms with Gasteiger partial charge in [-0.15, -0.1) is 0 Å². The van der Waals surface area contributed by atoms with Crippen LogP contribution >= 0.6 is 0 Å². The molecule has 36 valence electrons. The molecule has 1 amide bonds. The lowest BCUT2D eigenvalue weighted by Crippen LogP contribution is -2.55. The summed E-state index contributed by atoms with van der Waals surface area (Å²) in [5.74, 6) is 1.20. The highest BCUT2D eigenvalue weighted by atomic mass is 16.2. The SMILES string of the molecule is O=C1CC2=NCN12. The minimum absolute atomic E-state index is 0.227. The van der Waals surface area contributed by atoms with Crippen LogP contribution in [0.4, 0.5) is 0 Å². The molecule has 0 saturated carbocycles. The van der Waals surface area contributed by atoms with E-state index >= 15 is 0 Å². The number of aliphatic imine (C=N–C) groups is 1. The van der Waals surface area contributed by atoms with Crippen LogP contribution in [-0.4, -0.2) is 23.3 Å². The highest BCUT2D eigenvalue weighted by molar-refractivity contribution is 6.19. The van der Waals surface area contributed by atoms with E-state index in [0.717, 1.165) is 5.84 Å². The molecule has 1 saturated heterocycles. The number of carbonyl (C=O) groups excluding carboxylic acids is 1. The molecule has 0 bridgehead atoms. The van der Waals surface area contributed by atoms with E-state index in [-0.39, 0.29) is 5.91 Å². The van der Waals surface area contributed by atoms with Crippen LogP contribution in [0, 0.1) is 0 Å². The second kappa shape index (κ2) is 0.710. The molecule has 0 atom stereocenters. The summed E-state index contributed by atoms with van der Waals surface area (Å²) in [6, 6.07) is 0. The van der Waals surface area contributed by atoms with Crippen molar-refractivity contribution in [3.8, 4) is 0 Å². The maximum absolute atomic E-state index is 10.3. The Morgan fingerprint density at radius 1 is 1.71 bits per heavy atom. The zero-order chi connectivity index (χ0) is 4.85. The highest BCUT2D eigenvalue weighted by Gasteiger charge is 2.36. The first-order chi connectivity index (χ1) is 3.38. The molecule has 2 heterocycles. The first kappa shape index (κ1) is 3.18. The van der Waals surface area contributed by atoms with E-state index in [0.29, 0.717) is 13.1 Å². The van der Waals surface area contributed by atoms with Crippen molar-refractivity contribution in [1.29, 1.82) is 0 Å². The van der Waals surface area contributed by atoms with Crippen LogP contribution in [0.3, 0.4) is 0 Å². The monoisotopic (exact) mass is 96.0 g/mol. The molecular weight excluding hydrogens is 92.1 g/mol. The number of nitrogens with zero attached hydrogens (tertiary/aromatic N) is 2. The molecule has 0 radical (unpaired) electrons. The van der Waals surface area contributed by atoms with Crippen molar-refractivity contribution in [2.24, 2.45) is 4.99 Å². The summed E-state index contributed by atoms with van der Waals surface area (Å²) in [7, 11) is 0. The molecule has 2 aliphatic rings. The van der Waals surface area contributed by atoms with E-state index in [9.17, 15) is 4.79 Å². The molecule has 7 heavy (non-hydrogen) atoms. The molecule has 2 aliphatic heterocycles. The second-order valence-electron chi connectivity index (χ2n) is 1.71. The maximum Gasteiger partial charge on any atom is 0.237 e. The Balaban J connectivity index is 2.33. The van der Waals surface area contributed by atoms with Crippen LogP contribution in [-0.2, 0) is 4.79 Å².